The molecule has 0 aliphatic carbocycles. The second-order valence-corrected chi connectivity index (χ2v) is 8.53. The molecule has 0 bridgehead atoms. The number of benzene rings is 2. The highest BCUT2D eigenvalue weighted by Crippen LogP contribution is 2.39. The Kier molecular flexibility index (Phi) is 6.49. The molecule has 172 valence electrons. The molecule has 7 heteroatoms. The minimum Gasteiger partial charge on any atom is -0.480 e. The Morgan fingerprint density at radius 2 is 1.76 bits per heavy atom. The standard InChI is InChI=1S/C26H28N2O5/c1-3-17(2)22(25(30)31)27-20(15-14-18-10-6-4-7-11-18)23(24(27)29)28-21(16-33-26(28)32)19-12-8-5-9-13-19/h4-15,17,20-23H,3,16H2,1-2H3,(H,30,31)/t17?,20?,21-,22?,23?/m1/s1. The summed E-state index contributed by atoms with van der Waals surface area (Å²) < 4.78 is 5.34. The molecule has 0 saturated carbocycles. The number of likely N-dealkylation sites (tertiary alicyclic amines) is 1. The van der Waals surface area contributed by atoms with Crippen molar-refractivity contribution in [2.24, 2.45) is 5.92 Å². The van der Waals surface area contributed by atoms with Gasteiger partial charge in [-0.3, -0.25) is 9.69 Å². The molecule has 4 rings (SSSR count). The van der Waals surface area contributed by atoms with E-state index in [0.29, 0.717) is 6.42 Å². The van der Waals surface area contributed by atoms with Gasteiger partial charge >= 0.3 is 12.1 Å². The summed E-state index contributed by atoms with van der Waals surface area (Å²) in [5.41, 5.74) is 1.80. The van der Waals surface area contributed by atoms with E-state index in [0.717, 1.165) is 11.1 Å². The van der Waals surface area contributed by atoms with Gasteiger partial charge in [-0.25, -0.2) is 9.59 Å². The van der Waals surface area contributed by atoms with E-state index in [-0.39, 0.29) is 18.4 Å². The number of amides is 2. The summed E-state index contributed by atoms with van der Waals surface area (Å²) in [7, 11) is 0. The lowest BCUT2D eigenvalue weighted by Gasteiger charge is -2.52. The van der Waals surface area contributed by atoms with Crippen molar-refractivity contribution in [1.82, 2.24) is 9.80 Å². The van der Waals surface area contributed by atoms with Crippen LogP contribution >= 0.6 is 0 Å². The van der Waals surface area contributed by atoms with Crippen molar-refractivity contribution in [2.75, 3.05) is 6.61 Å². The lowest BCUT2D eigenvalue weighted by Crippen LogP contribution is -2.74. The number of carbonyl (C=O) groups is 3. The molecule has 2 aromatic carbocycles. The Labute approximate surface area is 193 Å². The van der Waals surface area contributed by atoms with Crippen molar-refractivity contribution in [3.8, 4) is 0 Å². The minimum atomic E-state index is -1.04. The molecule has 2 aromatic rings. The van der Waals surface area contributed by atoms with E-state index in [1.165, 1.54) is 9.80 Å². The van der Waals surface area contributed by atoms with Gasteiger partial charge in [0.15, 0.2) is 0 Å². The number of carbonyl (C=O) groups excluding carboxylic acids is 2. The topological polar surface area (TPSA) is 87.2 Å². The van der Waals surface area contributed by atoms with Crippen LogP contribution in [0, 0.1) is 5.92 Å². The zero-order valence-electron chi connectivity index (χ0n) is 18.7. The average Bonchev–Trinajstić information content (AvgIpc) is 3.20. The largest absolute Gasteiger partial charge is 0.480 e. The maximum Gasteiger partial charge on any atom is 0.411 e. The van der Waals surface area contributed by atoms with E-state index >= 15 is 0 Å². The number of nitrogens with zero attached hydrogens (tertiary/aromatic N) is 2. The fraction of sp³-hybridized carbons (Fsp3) is 0.346. The van der Waals surface area contributed by atoms with Gasteiger partial charge in [-0.2, -0.15) is 0 Å². The summed E-state index contributed by atoms with van der Waals surface area (Å²) in [5, 5.41) is 9.94. The third-order valence-electron chi connectivity index (χ3n) is 6.57. The third kappa shape index (κ3) is 4.23. The van der Waals surface area contributed by atoms with Gasteiger partial charge in [-0.15, -0.1) is 0 Å². The molecule has 2 saturated heterocycles. The molecule has 2 heterocycles. The van der Waals surface area contributed by atoms with Gasteiger partial charge in [0.25, 0.3) is 0 Å². The molecule has 2 amide bonds. The predicted molar refractivity (Wildman–Crippen MR) is 123 cm³/mol. The first-order valence-corrected chi connectivity index (χ1v) is 11.2. The highest BCUT2D eigenvalue weighted by molar-refractivity contribution is 5.97. The van der Waals surface area contributed by atoms with Crippen LogP contribution in [0.25, 0.3) is 6.08 Å². The maximum atomic E-state index is 13.4. The molecule has 0 aromatic heterocycles. The van der Waals surface area contributed by atoms with Gasteiger partial charge < -0.3 is 14.7 Å². The van der Waals surface area contributed by atoms with E-state index in [1.54, 1.807) is 0 Å². The number of β-lactam (4-membered cyclic amide) rings is 1. The predicted octanol–water partition coefficient (Wildman–Crippen LogP) is 3.97. The van der Waals surface area contributed by atoms with Gasteiger partial charge in [0.1, 0.15) is 18.7 Å². The molecule has 0 radical (unpaired) electrons. The number of hydrogen-bond acceptors (Lipinski definition) is 4. The average molecular weight is 449 g/mol. The number of rotatable bonds is 8. The summed E-state index contributed by atoms with van der Waals surface area (Å²) in [4.78, 5) is 41.2. The van der Waals surface area contributed by atoms with Gasteiger partial charge in [0.05, 0.1) is 12.1 Å². The zero-order valence-corrected chi connectivity index (χ0v) is 18.7. The third-order valence-corrected chi connectivity index (χ3v) is 6.57. The van der Waals surface area contributed by atoms with Crippen LogP contribution < -0.4 is 0 Å². The van der Waals surface area contributed by atoms with Crippen molar-refractivity contribution >= 4 is 24.0 Å². The Bertz CT molecular complexity index is 1040. The fourth-order valence-electron chi connectivity index (χ4n) is 4.63. The Morgan fingerprint density at radius 1 is 1.12 bits per heavy atom. The summed E-state index contributed by atoms with van der Waals surface area (Å²) in [6.45, 7) is 3.88. The van der Waals surface area contributed by atoms with Crippen molar-refractivity contribution in [3.63, 3.8) is 0 Å². The molecule has 2 aliphatic rings. The van der Waals surface area contributed by atoms with E-state index in [9.17, 15) is 19.5 Å². The Hall–Kier alpha value is -3.61. The van der Waals surface area contributed by atoms with E-state index in [1.807, 2.05) is 86.7 Å². The van der Waals surface area contributed by atoms with Crippen LogP contribution in [0.4, 0.5) is 4.79 Å². The van der Waals surface area contributed by atoms with E-state index < -0.39 is 36.2 Å². The summed E-state index contributed by atoms with van der Waals surface area (Å²) >= 11 is 0. The first-order valence-electron chi connectivity index (χ1n) is 11.2. The Morgan fingerprint density at radius 3 is 2.36 bits per heavy atom. The van der Waals surface area contributed by atoms with Crippen LogP contribution in [0.5, 0.6) is 0 Å². The van der Waals surface area contributed by atoms with Gasteiger partial charge in [-0.05, 0) is 17.0 Å². The Balaban J connectivity index is 1.71. The second-order valence-electron chi connectivity index (χ2n) is 8.53. The maximum absolute atomic E-state index is 13.4. The minimum absolute atomic E-state index is 0.148. The molecule has 5 atom stereocenters. The molecule has 33 heavy (non-hydrogen) atoms. The molecule has 4 unspecified atom stereocenters. The molecular weight excluding hydrogens is 420 g/mol. The summed E-state index contributed by atoms with van der Waals surface area (Å²) in [5.74, 6) is -1.65. The molecule has 0 spiro atoms. The number of aliphatic carboxylic acids is 1. The summed E-state index contributed by atoms with van der Waals surface area (Å²) in [6, 6.07) is 16.2. The van der Waals surface area contributed by atoms with Crippen LogP contribution in [0.2, 0.25) is 0 Å². The monoisotopic (exact) mass is 448 g/mol. The van der Waals surface area contributed by atoms with Gasteiger partial charge in [0.2, 0.25) is 5.91 Å². The second kappa shape index (κ2) is 9.48. The van der Waals surface area contributed by atoms with Crippen LogP contribution in [0.3, 0.4) is 0 Å². The highest BCUT2D eigenvalue weighted by Gasteiger charge is 2.58. The van der Waals surface area contributed by atoms with Crippen molar-refractivity contribution in [1.29, 1.82) is 0 Å². The number of hydrogen-bond donors (Lipinski definition) is 1. The molecule has 2 aliphatic heterocycles. The smallest absolute Gasteiger partial charge is 0.411 e. The first kappa shape index (κ1) is 22.6. The van der Waals surface area contributed by atoms with Crippen LogP contribution in [0.15, 0.2) is 66.7 Å². The lowest BCUT2D eigenvalue weighted by molar-refractivity contribution is -0.170. The van der Waals surface area contributed by atoms with Crippen LogP contribution in [0.1, 0.15) is 37.4 Å². The molecule has 1 N–H and O–H groups in total. The molecule has 2 fully saturated rings. The zero-order chi connectivity index (χ0) is 23.5. The van der Waals surface area contributed by atoms with Gasteiger partial charge in [-0.1, -0.05) is 93.1 Å². The number of carboxylic acid groups (broad SMARTS) is 1. The summed E-state index contributed by atoms with van der Waals surface area (Å²) in [6.07, 6.45) is 3.74. The van der Waals surface area contributed by atoms with Crippen molar-refractivity contribution in [3.05, 3.63) is 77.9 Å². The van der Waals surface area contributed by atoms with Crippen molar-refractivity contribution in [2.45, 2.75) is 44.4 Å². The normalized spacial score (nSPS) is 24.5. The van der Waals surface area contributed by atoms with E-state index in [4.69, 9.17) is 4.74 Å². The SMILES string of the molecule is CCC(C)C(C(=O)O)N1C(=O)C(N2C(=O)OC[C@@H]2c2ccccc2)C1C=Cc1ccccc1. The van der Waals surface area contributed by atoms with E-state index in [2.05, 4.69) is 0 Å². The number of ether oxygens (including phenoxy) is 1. The fourth-order valence-corrected chi connectivity index (χ4v) is 4.63. The quantitative estimate of drug-likeness (QED) is 0.618. The molecule has 7 nitrogen and oxygen atoms in total. The number of carboxylic acids is 1. The van der Waals surface area contributed by atoms with Gasteiger partial charge in [0, 0.05) is 0 Å². The van der Waals surface area contributed by atoms with Crippen LogP contribution in [-0.2, 0) is 14.3 Å². The van der Waals surface area contributed by atoms with Crippen LogP contribution in [-0.4, -0.2) is 57.6 Å². The number of cyclic esters (lactones) is 1. The first-order chi connectivity index (χ1) is 15.9. The highest BCUT2D eigenvalue weighted by atomic mass is 16.6. The lowest BCUT2D eigenvalue weighted by atomic mass is 9.85. The van der Waals surface area contributed by atoms with Crippen molar-refractivity contribution < 1.29 is 24.2 Å². The molecular formula is C26H28N2O5.